The van der Waals surface area contributed by atoms with Crippen molar-refractivity contribution in [2.75, 3.05) is 13.1 Å². The maximum Gasteiger partial charge on any atom is 0.289 e. The third-order valence-corrected chi connectivity index (χ3v) is 7.89. The summed E-state index contributed by atoms with van der Waals surface area (Å²) in [6.45, 7) is 4.01. The van der Waals surface area contributed by atoms with Crippen LogP contribution in [-0.2, 0) is 10.0 Å². The van der Waals surface area contributed by atoms with E-state index in [0.29, 0.717) is 37.5 Å². The Morgan fingerprint density at radius 2 is 1.82 bits per heavy atom. The molecule has 0 unspecified atom stereocenters. The Morgan fingerprint density at radius 3 is 2.43 bits per heavy atom. The molecule has 0 atom stereocenters. The summed E-state index contributed by atoms with van der Waals surface area (Å²) in [6, 6.07) is 3.34. The molecule has 2 aliphatic rings. The Bertz CT molecular complexity index is 1020. The molecule has 1 aromatic heterocycles. The second-order valence-corrected chi connectivity index (χ2v) is 9.49. The Kier molecular flexibility index (Phi) is 4.70. The molecule has 2 fully saturated rings. The number of aromatic nitrogens is 3. The van der Waals surface area contributed by atoms with Gasteiger partial charge in [-0.1, -0.05) is 6.07 Å². The number of piperidine rings is 1. The molecule has 1 aliphatic carbocycles. The van der Waals surface area contributed by atoms with E-state index < -0.39 is 14.9 Å². The molecular formula is C18H23N5O4S. The van der Waals surface area contributed by atoms with Crippen molar-refractivity contribution in [2.45, 2.75) is 56.4 Å². The molecule has 0 bridgehead atoms. The summed E-state index contributed by atoms with van der Waals surface area (Å²) < 4.78 is 30.0. The highest BCUT2D eigenvalue weighted by molar-refractivity contribution is 7.89. The number of hydrogen-bond donors (Lipinski definition) is 0. The molecule has 0 radical (unpaired) electrons. The van der Waals surface area contributed by atoms with Crippen LogP contribution in [0.15, 0.2) is 23.4 Å². The first-order valence-electron chi connectivity index (χ1n) is 9.45. The number of sulfonamides is 1. The molecule has 1 saturated carbocycles. The average molecular weight is 405 g/mol. The molecule has 0 N–H and O–H groups in total. The number of hydrogen-bond acceptors (Lipinski definition) is 6. The Morgan fingerprint density at radius 1 is 1.14 bits per heavy atom. The summed E-state index contributed by atoms with van der Waals surface area (Å²) in [5.41, 5.74) is 0.792. The molecule has 1 aromatic carbocycles. The van der Waals surface area contributed by atoms with Gasteiger partial charge in [0.1, 0.15) is 12.2 Å². The van der Waals surface area contributed by atoms with Gasteiger partial charge < -0.3 is 4.57 Å². The van der Waals surface area contributed by atoms with Gasteiger partial charge in [-0.3, -0.25) is 10.1 Å². The maximum atomic E-state index is 13.3. The molecular weight excluding hydrogens is 382 g/mol. The second kappa shape index (κ2) is 6.93. The predicted octanol–water partition coefficient (Wildman–Crippen LogP) is 2.71. The molecule has 1 aliphatic heterocycles. The van der Waals surface area contributed by atoms with Crippen molar-refractivity contribution < 1.29 is 13.3 Å². The molecule has 0 amide bonds. The van der Waals surface area contributed by atoms with Crippen molar-refractivity contribution in [3.63, 3.8) is 0 Å². The molecule has 4 rings (SSSR count). The minimum Gasteiger partial charge on any atom is -0.314 e. The Hall–Kier alpha value is -2.33. The molecule has 0 spiro atoms. The van der Waals surface area contributed by atoms with Gasteiger partial charge in [0.05, 0.1) is 4.92 Å². The lowest BCUT2D eigenvalue weighted by Crippen LogP contribution is -2.39. The number of nitrogens with zero attached hydrogens (tertiary/aromatic N) is 5. The lowest BCUT2D eigenvalue weighted by molar-refractivity contribution is -0.388. The van der Waals surface area contributed by atoms with Gasteiger partial charge in [0, 0.05) is 31.1 Å². The highest BCUT2D eigenvalue weighted by atomic mass is 32.2. The number of rotatable bonds is 5. The number of nitro benzene ring substituents is 1. The topological polar surface area (TPSA) is 111 Å². The highest BCUT2D eigenvalue weighted by Gasteiger charge is 2.38. The highest BCUT2D eigenvalue weighted by Crippen LogP contribution is 2.39. The summed E-state index contributed by atoms with van der Waals surface area (Å²) in [6.07, 6.45) is 5.28. The standard InChI is InChI=1S/C18H23N5O4S/c1-12-3-6-16(23(24)25)17(13(12)2)28(26,27)21-9-7-14(8-10-21)18-20-19-11-22(18)15-4-5-15/h3,6,11,14-15H,4-5,7-10H2,1-2H3. The fraction of sp³-hybridized carbons (Fsp3) is 0.556. The maximum absolute atomic E-state index is 13.3. The molecule has 150 valence electrons. The summed E-state index contributed by atoms with van der Waals surface area (Å²) in [5.74, 6) is 1.08. The Labute approximate surface area is 163 Å². The van der Waals surface area contributed by atoms with Crippen LogP contribution in [0.2, 0.25) is 0 Å². The fourth-order valence-electron chi connectivity index (χ4n) is 3.91. The van der Waals surface area contributed by atoms with Gasteiger partial charge in [-0.15, -0.1) is 10.2 Å². The first kappa shape index (κ1) is 19.0. The second-order valence-electron chi connectivity index (χ2n) is 7.62. The summed E-state index contributed by atoms with van der Waals surface area (Å²) in [5, 5.41) is 19.7. The van der Waals surface area contributed by atoms with Crippen LogP contribution >= 0.6 is 0 Å². The van der Waals surface area contributed by atoms with E-state index in [-0.39, 0.29) is 16.5 Å². The zero-order valence-electron chi connectivity index (χ0n) is 15.9. The van der Waals surface area contributed by atoms with E-state index in [1.165, 1.54) is 10.4 Å². The molecule has 28 heavy (non-hydrogen) atoms. The molecule has 9 nitrogen and oxygen atoms in total. The minimum absolute atomic E-state index is 0.156. The van der Waals surface area contributed by atoms with Gasteiger partial charge in [0.25, 0.3) is 5.69 Å². The molecule has 2 heterocycles. The van der Waals surface area contributed by atoms with Crippen LogP contribution in [-0.4, -0.2) is 45.5 Å². The normalized spacial score (nSPS) is 19.1. The third-order valence-electron chi connectivity index (χ3n) is 5.81. The van der Waals surface area contributed by atoms with Crippen molar-refractivity contribution >= 4 is 15.7 Å². The zero-order chi connectivity index (χ0) is 20.1. The van der Waals surface area contributed by atoms with E-state index >= 15 is 0 Å². The molecule has 1 saturated heterocycles. The van der Waals surface area contributed by atoms with Gasteiger partial charge in [-0.05, 0) is 50.7 Å². The monoisotopic (exact) mass is 405 g/mol. The van der Waals surface area contributed by atoms with Crippen molar-refractivity contribution in [3.8, 4) is 0 Å². The summed E-state index contributed by atoms with van der Waals surface area (Å²) >= 11 is 0. The van der Waals surface area contributed by atoms with Crippen LogP contribution in [0.5, 0.6) is 0 Å². The first-order valence-corrected chi connectivity index (χ1v) is 10.9. The molecule has 2 aromatic rings. The van der Waals surface area contributed by atoms with Crippen molar-refractivity contribution in [3.05, 3.63) is 45.5 Å². The van der Waals surface area contributed by atoms with Crippen molar-refractivity contribution in [2.24, 2.45) is 0 Å². The van der Waals surface area contributed by atoms with Gasteiger partial charge >= 0.3 is 0 Å². The fourth-order valence-corrected chi connectivity index (χ4v) is 5.81. The zero-order valence-corrected chi connectivity index (χ0v) is 16.7. The van der Waals surface area contributed by atoms with Crippen LogP contribution in [0.4, 0.5) is 5.69 Å². The largest absolute Gasteiger partial charge is 0.314 e. The van der Waals surface area contributed by atoms with Crippen LogP contribution in [0.25, 0.3) is 0 Å². The van der Waals surface area contributed by atoms with Crippen LogP contribution in [0.3, 0.4) is 0 Å². The van der Waals surface area contributed by atoms with E-state index in [9.17, 15) is 18.5 Å². The lowest BCUT2D eigenvalue weighted by atomic mass is 9.97. The van der Waals surface area contributed by atoms with Crippen LogP contribution in [0.1, 0.15) is 54.6 Å². The quantitative estimate of drug-likeness (QED) is 0.558. The van der Waals surface area contributed by atoms with Crippen molar-refractivity contribution in [1.82, 2.24) is 19.1 Å². The van der Waals surface area contributed by atoms with Crippen LogP contribution < -0.4 is 0 Å². The van der Waals surface area contributed by atoms with E-state index in [1.54, 1.807) is 26.2 Å². The van der Waals surface area contributed by atoms with Gasteiger partial charge in [0.2, 0.25) is 10.0 Å². The van der Waals surface area contributed by atoms with E-state index in [4.69, 9.17) is 0 Å². The summed E-state index contributed by atoms with van der Waals surface area (Å²) in [7, 11) is -3.95. The third kappa shape index (κ3) is 3.20. The van der Waals surface area contributed by atoms with Gasteiger partial charge in [-0.2, -0.15) is 4.31 Å². The number of nitro groups is 1. The van der Waals surface area contributed by atoms with Crippen LogP contribution in [0, 0.1) is 24.0 Å². The number of aryl methyl sites for hydroxylation is 1. The van der Waals surface area contributed by atoms with Gasteiger partial charge in [-0.25, -0.2) is 8.42 Å². The SMILES string of the molecule is Cc1ccc([N+](=O)[O-])c(S(=O)(=O)N2CCC(c3nncn3C3CC3)CC2)c1C. The Balaban J connectivity index is 1.58. The first-order chi connectivity index (χ1) is 13.3. The van der Waals surface area contributed by atoms with Crippen molar-refractivity contribution in [1.29, 1.82) is 0 Å². The smallest absolute Gasteiger partial charge is 0.289 e. The van der Waals surface area contributed by atoms with E-state index in [1.807, 2.05) is 0 Å². The van der Waals surface area contributed by atoms with E-state index in [2.05, 4.69) is 14.8 Å². The number of benzene rings is 1. The predicted molar refractivity (Wildman–Crippen MR) is 102 cm³/mol. The molecule has 10 heteroatoms. The summed E-state index contributed by atoms with van der Waals surface area (Å²) in [4.78, 5) is 10.6. The minimum atomic E-state index is -3.95. The lowest BCUT2D eigenvalue weighted by Gasteiger charge is -2.31. The van der Waals surface area contributed by atoms with Gasteiger partial charge in [0.15, 0.2) is 4.90 Å². The van der Waals surface area contributed by atoms with E-state index in [0.717, 1.165) is 24.2 Å². The average Bonchev–Trinajstić information content (AvgIpc) is 3.40.